The smallest absolute Gasteiger partial charge is 0.389 e. The molecule has 0 atom stereocenters. The second-order valence-electron chi connectivity index (χ2n) is 7.83. The summed E-state index contributed by atoms with van der Waals surface area (Å²) in [6, 6.07) is 5.87. The van der Waals surface area contributed by atoms with E-state index in [0.29, 0.717) is 24.4 Å². The summed E-state index contributed by atoms with van der Waals surface area (Å²) in [5.41, 5.74) is -0.718. The van der Waals surface area contributed by atoms with Crippen LogP contribution in [0.5, 0.6) is 0 Å². The van der Waals surface area contributed by atoms with E-state index >= 15 is 0 Å². The third-order valence-electron chi connectivity index (χ3n) is 5.59. The molecule has 1 aliphatic carbocycles. The summed E-state index contributed by atoms with van der Waals surface area (Å²) in [5.74, 6) is 0.938. The van der Waals surface area contributed by atoms with Gasteiger partial charge in [-0.05, 0) is 55.6 Å². The highest BCUT2D eigenvalue weighted by Gasteiger charge is 2.39. The lowest BCUT2D eigenvalue weighted by Gasteiger charge is -2.46. The van der Waals surface area contributed by atoms with Crippen LogP contribution >= 0.6 is 0 Å². The van der Waals surface area contributed by atoms with Gasteiger partial charge in [0.15, 0.2) is 0 Å². The summed E-state index contributed by atoms with van der Waals surface area (Å²) in [6.45, 7) is 4.45. The molecule has 1 saturated carbocycles. The molecule has 0 unspecified atom stereocenters. The molecule has 2 nitrogen and oxygen atoms in total. The van der Waals surface area contributed by atoms with Crippen LogP contribution in [0.4, 0.5) is 13.2 Å². The van der Waals surface area contributed by atoms with Crippen molar-refractivity contribution in [1.82, 2.24) is 4.90 Å². The van der Waals surface area contributed by atoms with Crippen molar-refractivity contribution in [2.75, 3.05) is 19.6 Å². The van der Waals surface area contributed by atoms with Crippen LogP contribution in [-0.4, -0.2) is 35.2 Å². The normalized spacial score (nSPS) is 29.5. The van der Waals surface area contributed by atoms with E-state index in [1.807, 2.05) is 0 Å². The van der Waals surface area contributed by atoms with E-state index in [9.17, 15) is 18.3 Å². The fraction of sp³-hybridized carbons (Fsp3) is 0.684. The van der Waals surface area contributed by atoms with Crippen molar-refractivity contribution < 1.29 is 18.3 Å². The summed E-state index contributed by atoms with van der Waals surface area (Å²) >= 11 is 0. The Bertz CT molecular complexity index is 558. The van der Waals surface area contributed by atoms with Gasteiger partial charge in [-0.3, -0.25) is 4.90 Å². The van der Waals surface area contributed by atoms with Gasteiger partial charge in [0, 0.05) is 19.6 Å². The minimum absolute atomic E-state index is 0.250. The number of halogens is 3. The Kier molecular flexibility index (Phi) is 4.94. The highest BCUT2D eigenvalue weighted by Crippen LogP contribution is 2.36. The SMILES string of the molecule is CC1CCC(O)(CN2CC(Cc3ccccc3C(F)(F)F)C2)CC1. The molecule has 1 aliphatic heterocycles. The molecule has 5 heteroatoms. The first kappa shape index (κ1) is 17.7. The molecule has 1 N–H and O–H groups in total. The number of benzene rings is 1. The van der Waals surface area contributed by atoms with Gasteiger partial charge in [0.25, 0.3) is 0 Å². The van der Waals surface area contributed by atoms with Crippen LogP contribution in [0.3, 0.4) is 0 Å². The zero-order valence-electron chi connectivity index (χ0n) is 14.1. The van der Waals surface area contributed by atoms with Gasteiger partial charge in [-0.25, -0.2) is 0 Å². The number of hydrogen-bond donors (Lipinski definition) is 1. The second-order valence-corrected chi connectivity index (χ2v) is 7.83. The van der Waals surface area contributed by atoms with Crippen LogP contribution in [-0.2, 0) is 12.6 Å². The average Bonchev–Trinajstić information content (AvgIpc) is 2.48. The van der Waals surface area contributed by atoms with Crippen molar-refractivity contribution >= 4 is 0 Å². The molecule has 1 saturated heterocycles. The summed E-state index contributed by atoms with van der Waals surface area (Å²) in [7, 11) is 0. The minimum Gasteiger partial charge on any atom is -0.389 e. The Balaban J connectivity index is 1.51. The number of likely N-dealkylation sites (tertiary alicyclic amines) is 1. The Morgan fingerprint density at radius 1 is 1.17 bits per heavy atom. The Hall–Kier alpha value is -1.07. The van der Waals surface area contributed by atoms with Crippen LogP contribution < -0.4 is 0 Å². The molecule has 0 aromatic heterocycles. The molecule has 3 rings (SSSR count). The molecule has 1 heterocycles. The minimum atomic E-state index is -4.28. The van der Waals surface area contributed by atoms with Gasteiger partial charge < -0.3 is 5.11 Å². The van der Waals surface area contributed by atoms with Gasteiger partial charge in [-0.2, -0.15) is 13.2 Å². The largest absolute Gasteiger partial charge is 0.416 e. The lowest BCUT2D eigenvalue weighted by atomic mass is 9.78. The summed E-state index contributed by atoms with van der Waals surface area (Å²) in [6.07, 6.45) is -0.0203. The van der Waals surface area contributed by atoms with Gasteiger partial charge >= 0.3 is 6.18 Å². The van der Waals surface area contributed by atoms with Crippen molar-refractivity contribution in [3.63, 3.8) is 0 Å². The number of aliphatic hydroxyl groups is 1. The molecule has 0 amide bonds. The lowest BCUT2D eigenvalue weighted by molar-refractivity contribution is -0.138. The van der Waals surface area contributed by atoms with Crippen LogP contribution in [0.25, 0.3) is 0 Å². The van der Waals surface area contributed by atoms with E-state index in [1.165, 1.54) is 6.07 Å². The number of nitrogens with zero attached hydrogens (tertiary/aromatic N) is 1. The van der Waals surface area contributed by atoms with Crippen molar-refractivity contribution in [1.29, 1.82) is 0 Å². The maximum Gasteiger partial charge on any atom is 0.416 e. The Morgan fingerprint density at radius 3 is 2.42 bits per heavy atom. The number of β-amino-alcohol motifs (C(OH)–C–C–N with tert-alkyl or cyclic N) is 1. The Morgan fingerprint density at radius 2 is 1.79 bits per heavy atom. The van der Waals surface area contributed by atoms with Crippen molar-refractivity contribution in [3.8, 4) is 0 Å². The quantitative estimate of drug-likeness (QED) is 0.890. The number of alkyl halides is 3. The summed E-state index contributed by atoms with van der Waals surface area (Å²) in [5, 5.41) is 10.7. The standard InChI is InChI=1S/C19H26F3NO/c1-14-6-8-18(24,9-7-14)13-23-11-15(12-23)10-16-4-2-3-5-17(16)19(20,21)22/h2-5,14-15,24H,6-13H2,1H3. The molecule has 24 heavy (non-hydrogen) atoms. The predicted molar refractivity (Wildman–Crippen MR) is 87.7 cm³/mol. The highest BCUT2D eigenvalue weighted by molar-refractivity contribution is 5.30. The van der Waals surface area contributed by atoms with E-state index in [2.05, 4.69) is 11.8 Å². The first-order valence-electron chi connectivity index (χ1n) is 8.85. The fourth-order valence-electron chi connectivity index (χ4n) is 4.09. The molecule has 2 fully saturated rings. The highest BCUT2D eigenvalue weighted by atomic mass is 19.4. The molecule has 134 valence electrons. The molecular weight excluding hydrogens is 315 g/mol. The first-order chi connectivity index (χ1) is 11.3. The monoisotopic (exact) mass is 341 g/mol. The van der Waals surface area contributed by atoms with Crippen LogP contribution in [0.2, 0.25) is 0 Å². The van der Waals surface area contributed by atoms with Gasteiger partial charge in [0.1, 0.15) is 0 Å². The maximum atomic E-state index is 13.0. The molecule has 1 aromatic carbocycles. The first-order valence-corrected chi connectivity index (χ1v) is 8.85. The molecule has 1 aromatic rings. The van der Waals surface area contributed by atoms with Gasteiger partial charge in [-0.1, -0.05) is 25.1 Å². The van der Waals surface area contributed by atoms with Crippen LogP contribution in [0.1, 0.15) is 43.7 Å². The maximum absolute atomic E-state index is 13.0. The number of hydrogen-bond acceptors (Lipinski definition) is 2. The Labute approximate surface area is 141 Å². The molecule has 2 aliphatic rings. The second kappa shape index (κ2) is 6.68. The third kappa shape index (κ3) is 4.12. The van der Waals surface area contributed by atoms with Crippen LogP contribution in [0.15, 0.2) is 24.3 Å². The molecule has 0 spiro atoms. The zero-order valence-corrected chi connectivity index (χ0v) is 14.1. The third-order valence-corrected chi connectivity index (χ3v) is 5.59. The fourth-order valence-corrected chi connectivity index (χ4v) is 4.09. The van der Waals surface area contributed by atoms with Crippen molar-refractivity contribution in [3.05, 3.63) is 35.4 Å². The van der Waals surface area contributed by atoms with E-state index in [4.69, 9.17) is 0 Å². The van der Waals surface area contributed by atoms with Crippen molar-refractivity contribution in [2.45, 2.75) is 50.8 Å². The predicted octanol–water partition coefficient (Wildman–Crippen LogP) is 4.12. The van der Waals surface area contributed by atoms with Gasteiger partial charge in [0.05, 0.1) is 11.2 Å². The summed E-state index contributed by atoms with van der Waals surface area (Å²) in [4.78, 5) is 2.19. The van der Waals surface area contributed by atoms with E-state index in [0.717, 1.165) is 44.8 Å². The van der Waals surface area contributed by atoms with E-state index in [1.54, 1.807) is 12.1 Å². The topological polar surface area (TPSA) is 23.5 Å². The average molecular weight is 341 g/mol. The molecule has 0 bridgehead atoms. The summed E-state index contributed by atoms with van der Waals surface area (Å²) < 4.78 is 39.1. The van der Waals surface area contributed by atoms with E-state index in [-0.39, 0.29) is 5.92 Å². The molecular formula is C19H26F3NO. The number of rotatable bonds is 4. The lowest BCUT2D eigenvalue weighted by Crippen LogP contribution is -2.55. The van der Waals surface area contributed by atoms with Crippen molar-refractivity contribution in [2.24, 2.45) is 11.8 Å². The zero-order chi connectivity index (χ0) is 17.4. The van der Waals surface area contributed by atoms with Gasteiger partial charge in [-0.15, -0.1) is 0 Å². The molecule has 0 radical (unpaired) electrons. The van der Waals surface area contributed by atoms with Gasteiger partial charge in [0.2, 0.25) is 0 Å². The van der Waals surface area contributed by atoms with Crippen LogP contribution in [0, 0.1) is 11.8 Å². The van der Waals surface area contributed by atoms with E-state index < -0.39 is 17.3 Å².